The van der Waals surface area contributed by atoms with Crippen molar-refractivity contribution in [3.63, 3.8) is 0 Å². The maximum atomic E-state index is 15.9. The number of ketones is 4. The molecule has 5 unspecified atom stereocenters. The van der Waals surface area contributed by atoms with E-state index >= 15 is 9.59 Å². The normalized spacial score (nSPS) is 29.0. The summed E-state index contributed by atoms with van der Waals surface area (Å²) >= 11 is 0. The number of amides is 5. The first-order chi connectivity index (χ1) is 40.1. The second-order valence-electron chi connectivity index (χ2n) is 21.1. The number of hydrogen-bond acceptors (Lipinski definition) is 24. The van der Waals surface area contributed by atoms with E-state index in [0.717, 1.165) is 10.8 Å². The number of carbonyl (C=O) groups is 10. The standard InChI is InChI=1S/C54H75N9O14S7/c1-28-49(72)43-27-83-84-82-23-33-16-18-78-80-25-41(60-40(21-46(55)69)54(77)63-17-4-5-44(63)52(75)57-28)36(50(73)39(20-32-8-12-35(67)13-9-32)62-51(74)37(58-33)14-15-47(70)71)24-79-81-26-42(45(68)22-56-53(76)48(61-43)30(3)65)59-38(29(2)64)19-31-6-10-34(66)11-7-31/h6-13,28,30,33,36-44,48,58-61,65-67H,4-5,14-27H2,1-3H3,(H2,55,69)(H,56,76)(H,57,75)(H,62,74)(H,70,71)/t28-,30+,33?,36?,37-,38-,39-,40-,41?,42?,43?,44-,48-/m0/s1. The molecule has 13 atom stereocenters. The molecule has 5 amide bonds. The topological polar surface area (TPSA) is 365 Å². The van der Waals surface area contributed by atoms with Gasteiger partial charge < -0.3 is 57.6 Å². The van der Waals surface area contributed by atoms with Crippen molar-refractivity contribution in [2.45, 2.75) is 145 Å². The molecule has 4 aliphatic rings. The number of aliphatic carboxylic acids is 1. The van der Waals surface area contributed by atoms with E-state index in [9.17, 15) is 58.8 Å². The molecule has 2 aromatic carbocycles. The van der Waals surface area contributed by atoms with Crippen LogP contribution in [0, 0.1) is 5.92 Å². The fourth-order valence-corrected chi connectivity index (χ4v) is 19.1. The number of carboxylic acids is 1. The molecule has 0 radical (unpaired) electrons. The summed E-state index contributed by atoms with van der Waals surface area (Å²) in [6, 6.07) is -0.126. The van der Waals surface area contributed by atoms with E-state index in [0.29, 0.717) is 35.5 Å². The summed E-state index contributed by atoms with van der Waals surface area (Å²) in [6.07, 6.45) is -1.51. The molecule has 13 N–H and O–H groups in total. The molecule has 3 bridgehead atoms. The van der Waals surface area contributed by atoms with Gasteiger partial charge in [0.15, 0.2) is 17.3 Å². The smallest absolute Gasteiger partial charge is 0.303 e. The summed E-state index contributed by atoms with van der Waals surface area (Å²) in [6.45, 7) is 3.64. The van der Waals surface area contributed by atoms with Crippen LogP contribution in [0.4, 0.5) is 0 Å². The third-order valence-corrected chi connectivity index (χ3v) is 23.9. The van der Waals surface area contributed by atoms with Gasteiger partial charge in [0.2, 0.25) is 29.5 Å². The molecule has 4 heterocycles. The van der Waals surface area contributed by atoms with Crippen LogP contribution in [0.5, 0.6) is 11.5 Å². The number of phenols is 2. The Balaban J connectivity index is 1.53. The Labute approximate surface area is 515 Å². The molecule has 462 valence electrons. The zero-order valence-corrected chi connectivity index (χ0v) is 52.4. The SMILES string of the molecule is CC(=O)[C@H](Cc1ccc(O)cc1)NC1CSSCC2C(=O)[C@H](Cc3ccc(O)cc3)NC(=O)[C@H](CCC(=O)O)NC3CCSSCC2N[C@@H](CC(N)=O)C(=O)N2CCC[C@H]2C(=O)N[C@@H](C)C(=O)C(CSSSC3)N[C@@H]([C@@H](C)O)C(=O)NCC1=O. The molecule has 0 aliphatic carbocycles. The molecule has 6 rings (SSSR count). The number of primary amides is 1. The summed E-state index contributed by atoms with van der Waals surface area (Å²) < 4.78 is 0. The van der Waals surface area contributed by atoms with Gasteiger partial charge in [-0.05, 0) is 105 Å². The molecule has 4 aliphatic heterocycles. The predicted octanol–water partition coefficient (Wildman–Crippen LogP) is 1.54. The van der Waals surface area contributed by atoms with Gasteiger partial charge in [0.05, 0.1) is 61.4 Å². The van der Waals surface area contributed by atoms with Crippen molar-refractivity contribution >= 4 is 133 Å². The Bertz CT molecular complexity index is 2630. The van der Waals surface area contributed by atoms with Gasteiger partial charge in [-0.25, -0.2) is 0 Å². The molecule has 2 aromatic rings. The van der Waals surface area contributed by atoms with E-state index in [2.05, 4.69) is 37.2 Å². The minimum Gasteiger partial charge on any atom is -0.508 e. The summed E-state index contributed by atoms with van der Waals surface area (Å²) in [4.78, 5) is 143. The number of nitrogens with zero attached hydrogens (tertiary/aromatic N) is 1. The number of fused-ring (bicyclic) bond motifs is 11. The van der Waals surface area contributed by atoms with Crippen LogP contribution in [0.1, 0.15) is 70.4 Å². The highest BCUT2D eigenvalue weighted by Gasteiger charge is 2.43. The van der Waals surface area contributed by atoms with Gasteiger partial charge in [-0.1, -0.05) is 89.0 Å². The van der Waals surface area contributed by atoms with E-state index in [-0.39, 0.29) is 72.5 Å². The fraction of sp³-hybridized carbons (Fsp3) is 0.593. The lowest BCUT2D eigenvalue weighted by atomic mass is 9.89. The van der Waals surface area contributed by atoms with Crippen molar-refractivity contribution in [1.29, 1.82) is 0 Å². The molecule has 0 saturated carbocycles. The zero-order chi connectivity index (χ0) is 61.0. The van der Waals surface area contributed by atoms with Gasteiger partial charge >= 0.3 is 5.97 Å². The maximum absolute atomic E-state index is 15.9. The number of phenolic OH excluding ortho intramolecular Hbond substituents is 2. The summed E-state index contributed by atoms with van der Waals surface area (Å²) in [5.74, 6) is -7.21. The Morgan fingerprint density at radius 1 is 0.750 bits per heavy atom. The van der Waals surface area contributed by atoms with Gasteiger partial charge in [-0.15, -0.1) is 0 Å². The van der Waals surface area contributed by atoms with E-state index < -0.39 is 151 Å². The monoisotopic (exact) mass is 1300 g/mol. The first kappa shape index (κ1) is 68.9. The highest BCUT2D eigenvalue weighted by Crippen LogP contribution is 2.37. The number of nitrogens with two attached hydrogens (primary N) is 1. The zero-order valence-electron chi connectivity index (χ0n) is 46.7. The third-order valence-electron chi connectivity index (χ3n) is 14.7. The van der Waals surface area contributed by atoms with Gasteiger partial charge in [0, 0.05) is 65.5 Å². The van der Waals surface area contributed by atoms with Crippen LogP contribution >= 0.6 is 74.6 Å². The lowest BCUT2D eigenvalue weighted by Crippen LogP contribution is -2.61. The average Bonchev–Trinajstić information content (AvgIpc) is 4.15. The molecule has 4 saturated heterocycles. The lowest BCUT2D eigenvalue weighted by molar-refractivity contribution is -0.142. The molecule has 84 heavy (non-hydrogen) atoms. The Morgan fingerprint density at radius 2 is 1.42 bits per heavy atom. The summed E-state index contributed by atoms with van der Waals surface area (Å²) in [5.41, 5.74) is 7.09. The van der Waals surface area contributed by atoms with Gasteiger partial charge in [0.25, 0.3) is 0 Å². The number of hydrogen-bond donors (Lipinski definition) is 12. The van der Waals surface area contributed by atoms with E-state index in [1.165, 1.54) is 114 Å². The molecule has 0 spiro atoms. The molecule has 30 heteroatoms. The Kier molecular flexibility index (Phi) is 28.2. The Morgan fingerprint density at radius 3 is 2.08 bits per heavy atom. The van der Waals surface area contributed by atoms with E-state index in [1.54, 1.807) is 24.3 Å². The summed E-state index contributed by atoms with van der Waals surface area (Å²) in [5, 5.41) is 62.6. The number of aliphatic hydroxyl groups excluding tert-OH is 1. The highest BCUT2D eigenvalue weighted by molar-refractivity contribution is 9.09. The lowest BCUT2D eigenvalue weighted by Gasteiger charge is -2.35. The number of rotatable bonds is 13. The number of benzene rings is 2. The van der Waals surface area contributed by atoms with Crippen LogP contribution in [-0.2, 0) is 60.8 Å². The van der Waals surface area contributed by atoms with E-state index in [1.807, 2.05) is 0 Å². The van der Waals surface area contributed by atoms with Crippen molar-refractivity contribution in [2.75, 3.05) is 47.6 Å². The number of aliphatic hydroxyl groups is 1. The summed E-state index contributed by atoms with van der Waals surface area (Å²) in [7, 11) is 9.10. The van der Waals surface area contributed by atoms with Crippen molar-refractivity contribution in [2.24, 2.45) is 11.7 Å². The van der Waals surface area contributed by atoms with Crippen molar-refractivity contribution in [3.8, 4) is 11.5 Å². The van der Waals surface area contributed by atoms with Crippen molar-refractivity contribution in [1.82, 2.24) is 42.1 Å². The maximum Gasteiger partial charge on any atom is 0.303 e. The largest absolute Gasteiger partial charge is 0.508 e. The number of nitrogens with one attached hydrogen (secondary N) is 7. The second-order valence-corrected chi connectivity index (χ2v) is 30.6. The van der Waals surface area contributed by atoms with Crippen LogP contribution < -0.4 is 43.0 Å². The quantitative estimate of drug-likeness (QED) is 0.127. The van der Waals surface area contributed by atoms with Crippen molar-refractivity contribution in [3.05, 3.63) is 59.7 Å². The van der Waals surface area contributed by atoms with Crippen LogP contribution in [0.3, 0.4) is 0 Å². The third kappa shape index (κ3) is 21.3. The number of carboxylic acid groups (broad SMARTS) is 1. The van der Waals surface area contributed by atoms with Crippen molar-refractivity contribution < 1.29 is 68.4 Å². The second kappa shape index (κ2) is 34.4. The number of carbonyl (C=O) groups excluding carboxylic acids is 9. The minimum absolute atomic E-state index is 0.00495. The van der Waals surface area contributed by atoms with Gasteiger partial charge in [-0.3, -0.25) is 58.6 Å². The molecule has 4 fully saturated rings. The van der Waals surface area contributed by atoms with E-state index in [4.69, 9.17) is 5.73 Å². The number of Topliss-reactive ketones (excluding diaryl/α,β-unsaturated/α-hetero) is 4. The van der Waals surface area contributed by atoms with Crippen LogP contribution in [-0.4, -0.2) is 204 Å². The molecular weight excluding hydrogens is 1220 g/mol. The fourth-order valence-electron chi connectivity index (χ4n) is 10.0. The minimum atomic E-state index is -1.48. The van der Waals surface area contributed by atoms with Crippen LogP contribution in [0.2, 0.25) is 0 Å². The predicted molar refractivity (Wildman–Crippen MR) is 332 cm³/mol. The molecule has 23 nitrogen and oxygen atoms in total. The number of aromatic hydroxyl groups is 2. The average molecular weight is 1300 g/mol. The molecular formula is C54H75N9O14S7. The van der Waals surface area contributed by atoms with Gasteiger partial charge in [0.1, 0.15) is 29.4 Å². The molecule has 0 aromatic heterocycles. The first-order valence-corrected chi connectivity index (χ1v) is 36.4. The van der Waals surface area contributed by atoms with Crippen LogP contribution in [0.25, 0.3) is 0 Å². The highest BCUT2D eigenvalue weighted by atomic mass is 33.5. The van der Waals surface area contributed by atoms with Gasteiger partial charge in [-0.2, -0.15) is 0 Å². The van der Waals surface area contributed by atoms with Crippen LogP contribution in [0.15, 0.2) is 48.5 Å². The Hall–Kier alpha value is -4.21. The first-order valence-electron chi connectivity index (χ1n) is 27.6.